The molecule has 3 aliphatic rings. The number of nitrogens with one attached hydrogen (secondary N) is 3. The van der Waals surface area contributed by atoms with Crippen LogP contribution in [0.4, 0.5) is 10.5 Å². The molecule has 4 rings (SSSR count). The first-order chi connectivity index (χ1) is 11.6. The minimum Gasteiger partial charge on any atom is -0.318 e. The number of aryl methyl sites for hydroxylation is 1. The number of allylic oxidation sites excluding steroid dienone is 1. The number of carbonyl (C=O) groups excluding carboxylic acids is 1. The molecule has 1 aromatic rings. The van der Waals surface area contributed by atoms with Crippen molar-refractivity contribution in [1.29, 1.82) is 0 Å². The van der Waals surface area contributed by atoms with Gasteiger partial charge in [0.25, 0.3) is 0 Å². The summed E-state index contributed by atoms with van der Waals surface area (Å²) < 4.78 is 0. The lowest BCUT2D eigenvalue weighted by molar-refractivity contribution is 0.0173. The molecule has 24 heavy (non-hydrogen) atoms. The van der Waals surface area contributed by atoms with E-state index in [2.05, 4.69) is 21.2 Å². The molecule has 2 atom stereocenters. The molecule has 126 valence electrons. The van der Waals surface area contributed by atoms with Crippen LogP contribution < -0.4 is 16.2 Å². The number of aliphatic imine (C=N–C) groups is 1. The molecule has 2 bridgehead atoms. The Morgan fingerprint density at radius 2 is 2.04 bits per heavy atom. The number of hydrogen-bond acceptors (Lipinski definition) is 4. The van der Waals surface area contributed by atoms with Crippen LogP contribution in [0.25, 0.3) is 0 Å². The van der Waals surface area contributed by atoms with Crippen LogP contribution in [0.15, 0.2) is 35.1 Å². The molecule has 0 aromatic heterocycles. The summed E-state index contributed by atoms with van der Waals surface area (Å²) in [6.07, 6.45) is 6.49. The Morgan fingerprint density at radius 1 is 1.25 bits per heavy atom. The van der Waals surface area contributed by atoms with E-state index in [0.717, 1.165) is 41.2 Å². The highest BCUT2D eigenvalue weighted by Crippen LogP contribution is 2.38. The number of nitrogens with zero attached hydrogens (tertiary/aromatic N) is 2. The van der Waals surface area contributed by atoms with Crippen LogP contribution in [0.1, 0.15) is 43.7 Å². The second kappa shape index (κ2) is 5.85. The summed E-state index contributed by atoms with van der Waals surface area (Å²) in [5.74, 6) is 0.759. The van der Waals surface area contributed by atoms with E-state index in [1.807, 2.05) is 36.9 Å². The number of urea groups is 1. The van der Waals surface area contributed by atoms with Crippen molar-refractivity contribution in [2.45, 2.75) is 51.6 Å². The van der Waals surface area contributed by atoms with E-state index in [4.69, 9.17) is 0 Å². The van der Waals surface area contributed by atoms with Crippen LogP contribution in [0.3, 0.4) is 0 Å². The van der Waals surface area contributed by atoms with Crippen LogP contribution >= 0.6 is 0 Å². The van der Waals surface area contributed by atoms with Gasteiger partial charge in [0, 0.05) is 35.2 Å². The number of amides is 2. The van der Waals surface area contributed by atoms with E-state index < -0.39 is 0 Å². The van der Waals surface area contributed by atoms with Crippen molar-refractivity contribution in [3.8, 4) is 0 Å². The van der Waals surface area contributed by atoms with Crippen LogP contribution in [0, 0.1) is 6.92 Å². The highest BCUT2D eigenvalue weighted by molar-refractivity contribution is 6.02. The van der Waals surface area contributed by atoms with Gasteiger partial charge in [-0.05, 0) is 57.2 Å². The average Bonchev–Trinajstić information content (AvgIpc) is 2.58. The summed E-state index contributed by atoms with van der Waals surface area (Å²) in [7, 11) is 0. The molecule has 2 saturated heterocycles. The summed E-state index contributed by atoms with van der Waals surface area (Å²) >= 11 is 0. The maximum Gasteiger partial charge on any atom is 0.322 e. The number of carbonyl (C=O) groups is 1. The molecule has 0 radical (unpaired) electrons. The number of anilines is 1. The van der Waals surface area contributed by atoms with Gasteiger partial charge < -0.3 is 15.6 Å². The zero-order valence-corrected chi connectivity index (χ0v) is 14.1. The Morgan fingerprint density at radius 3 is 2.71 bits per heavy atom. The van der Waals surface area contributed by atoms with Crippen LogP contribution in [-0.4, -0.2) is 28.9 Å². The van der Waals surface area contributed by atoms with Crippen molar-refractivity contribution < 1.29 is 4.79 Å². The van der Waals surface area contributed by atoms with Gasteiger partial charge in [0.2, 0.25) is 0 Å². The molecule has 3 heterocycles. The third kappa shape index (κ3) is 2.62. The molecule has 1 aromatic carbocycles. The van der Waals surface area contributed by atoms with E-state index >= 15 is 0 Å². The summed E-state index contributed by atoms with van der Waals surface area (Å²) in [5, 5.41) is 3.06. The Balaban J connectivity index is 1.52. The van der Waals surface area contributed by atoms with Crippen molar-refractivity contribution in [3.63, 3.8) is 0 Å². The SMILES string of the molecule is CC1=CN=C(c2cc(NC(=O)N3C4CCCC3C4)ccc2C)NN1. The van der Waals surface area contributed by atoms with E-state index in [9.17, 15) is 4.79 Å². The molecule has 6 heteroatoms. The number of benzene rings is 1. The number of hydrazine groups is 1. The number of fused-ring (bicyclic) bond motifs is 2. The second-order valence-electron chi connectivity index (χ2n) is 6.88. The van der Waals surface area contributed by atoms with Crippen molar-refractivity contribution >= 4 is 17.6 Å². The maximum atomic E-state index is 12.6. The Kier molecular flexibility index (Phi) is 3.67. The normalized spacial score (nSPS) is 24.8. The zero-order valence-electron chi connectivity index (χ0n) is 14.1. The van der Waals surface area contributed by atoms with Gasteiger partial charge in [0.05, 0.1) is 0 Å². The van der Waals surface area contributed by atoms with Gasteiger partial charge in [0.15, 0.2) is 5.84 Å². The number of piperidine rings is 1. The van der Waals surface area contributed by atoms with E-state index in [-0.39, 0.29) is 6.03 Å². The van der Waals surface area contributed by atoms with Crippen molar-refractivity contribution in [2.24, 2.45) is 4.99 Å². The second-order valence-corrected chi connectivity index (χ2v) is 6.88. The average molecular weight is 325 g/mol. The van der Waals surface area contributed by atoms with Gasteiger partial charge in [-0.1, -0.05) is 6.07 Å². The zero-order chi connectivity index (χ0) is 16.7. The van der Waals surface area contributed by atoms with Crippen LogP contribution in [0.5, 0.6) is 0 Å². The minimum atomic E-state index is 0.0261. The molecule has 0 spiro atoms. The van der Waals surface area contributed by atoms with Gasteiger partial charge in [-0.2, -0.15) is 0 Å². The van der Waals surface area contributed by atoms with Gasteiger partial charge >= 0.3 is 6.03 Å². The predicted molar refractivity (Wildman–Crippen MR) is 94.6 cm³/mol. The van der Waals surface area contributed by atoms with Crippen molar-refractivity contribution in [2.75, 3.05) is 5.32 Å². The smallest absolute Gasteiger partial charge is 0.318 e. The molecule has 0 saturated carbocycles. The fourth-order valence-electron chi connectivity index (χ4n) is 3.80. The highest BCUT2D eigenvalue weighted by Gasteiger charge is 2.44. The molecule has 2 unspecified atom stereocenters. The Labute approximate surface area is 142 Å². The summed E-state index contributed by atoms with van der Waals surface area (Å²) in [6.45, 7) is 3.98. The molecular weight excluding hydrogens is 302 g/mol. The molecule has 6 nitrogen and oxygen atoms in total. The fourth-order valence-corrected chi connectivity index (χ4v) is 3.80. The molecule has 0 aliphatic carbocycles. The maximum absolute atomic E-state index is 12.6. The lowest BCUT2D eigenvalue weighted by Gasteiger charge is -2.52. The van der Waals surface area contributed by atoms with E-state index in [1.54, 1.807) is 6.20 Å². The number of amidine groups is 1. The summed E-state index contributed by atoms with van der Waals surface area (Å²) in [6, 6.07) is 6.84. The molecule has 2 fully saturated rings. The van der Waals surface area contributed by atoms with Gasteiger partial charge in [-0.25, -0.2) is 9.79 Å². The summed E-state index contributed by atoms with van der Waals surface area (Å²) in [5.41, 5.74) is 10.0. The first-order valence-corrected chi connectivity index (χ1v) is 8.59. The first-order valence-electron chi connectivity index (χ1n) is 8.59. The van der Waals surface area contributed by atoms with Gasteiger partial charge in [-0.3, -0.25) is 5.43 Å². The topological polar surface area (TPSA) is 68.8 Å². The largest absolute Gasteiger partial charge is 0.322 e. The number of hydrogen-bond donors (Lipinski definition) is 3. The standard InChI is InChI=1S/C18H23N5O/c1-11-6-7-13(8-16(11)17-19-10-12(2)21-22-17)20-18(24)23-14-4-3-5-15(23)9-14/h6-8,10,14-15,21H,3-5,9H2,1-2H3,(H,19,22)(H,20,24). The van der Waals surface area contributed by atoms with E-state index in [0.29, 0.717) is 12.1 Å². The first kappa shape index (κ1) is 15.1. The Bertz CT molecular complexity index is 725. The molecule has 3 N–H and O–H groups in total. The highest BCUT2D eigenvalue weighted by atomic mass is 16.2. The Hall–Kier alpha value is -2.50. The van der Waals surface area contributed by atoms with Gasteiger partial charge in [-0.15, -0.1) is 0 Å². The van der Waals surface area contributed by atoms with E-state index in [1.165, 1.54) is 12.8 Å². The van der Waals surface area contributed by atoms with Gasteiger partial charge in [0.1, 0.15) is 0 Å². The van der Waals surface area contributed by atoms with Crippen molar-refractivity contribution in [3.05, 3.63) is 41.2 Å². The van der Waals surface area contributed by atoms with Crippen LogP contribution in [-0.2, 0) is 0 Å². The summed E-state index contributed by atoms with van der Waals surface area (Å²) in [4.78, 5) is 19.0. The predicted octanol–water partition coefficient (Wildman–Crippen LogP) is 2.87. The van der Waals surface area contributed by atoms with Crippen LogP contribution in [0.2, 0.25) is 0 Å². The number of rotatable bonds is 2. The van der Waals surface area contributed by atoms with Crippen molar-refractivity contribution in [1.82, 2.24) is 15.8 Å². The lowest BCUT2D eigenvalue weighted by Crippen LogP contribution is -2.62. The monoisotopic (exact) mass is 325 g/mol. The lowest BCUT2D eigenvalue weighted by atomic mass is 9.80. The quantitative estimate of drug-likeness (QED) is 0.783. The third-order valence-electron chi connectivity index (χ3n) is 5.15. The molecule has 3 aliphatic heterocycles. The minimum absolute atomic E-state index is 0.0261. The molecular formula is C18H23N5O. The third-order valence-corrected chi connectivity index (χ3v) is 5.15. The molecule has 2 amide bonds. The fraction of sp³-hybridized carbons (Fsp3) is 0.444.